The molecule has 1 aliphatic carbocycles. The van der Waals surface area contributed by atoms with Crippen molar-refractivity contribution in [3.8, 4) is 12.3 Å². The van der Waals surface area contributed by atoms with Crippen LogP contribution in [0, 0.1) is 12.3 Å². The van der Waals surface area contributed by atoms with Gasteiger partial charge in [-0.15, -0.1) is 6.42 Å². The maximum Gasteiger partial charge on any atom is 0.0831 e. The molecule has 1 heterocycles. The van der Waals surface area contributed by atoms with Crippen LogP contribution in [0.3, 0.4) is 0 Å². The molecule has 1 aromatic heterocycles. The van der Waals surface area contributed by atoms with E-state index in [0.717, 1.165) is 12.8 Å². The van der Waals surface area contributed by atoms with Crippen molar-refractivity contribution in [2.45, 2.75) is 31.8 Å². The zero-order chi connectivity index (χ0) is 9.26. The second-order valence-corrected chi connectivity index (χ2v) is 3.55. The molecule has 0 aliphatic heterocycles. The van der Waals surface area contributed by atoms with E-state index < -0.39 is 0 Å². The third kappa shape index (κ3) is 1.36. The van der Waals surface area contributed by atoms with Gasteiger partial charge in [0, 0.05) is 17.9 Å². The first kappa shape index (κ1) is 8.40. The lowest BCUT2D eigenvalue weighted by molar-refractivity contribution is 0.550. The molecule has 0 radical (unpaired) electrons. The molecule has 0 amide bonds. The van der Waals surface area contributed by atoms with Crippen LogP contribution in [0.2, 0.25) is 0 Å². The Morgan fingerprint density at radius 1 is 1.69 bits per heavy atom. The molecule has 0 saturated heterocycles. The molecule has 0 spiro atoms. The second-order valence-electron chi connectivity index (χ2n) is 3.55. The molecule has 2 heteroatoms. The van der Waals surface area contributed by atoms with Crippen LogP contribution in [0.1, 0.15) is 30.1 Å². The molecule has 13 heavy (non-hydrogen) atoms. The SMILES string of the molecule is C#CCn1ccc2c1CCCC2N. The van der Waals surface area contributed by atoms with Gasteiger partial charge in [0.15, 0.2) is 0 Å². The summed E-state index contributed by atoms with van der Waals surface area (Å²) in [5.41, 5.74) is 8.63. The van der Waals surface area contributed by atoms with Gasteiger partial charge in [-0.1, -0.05) is 5.92 Å². The quantitative estimate of drug-likeness (QED) is 0.642. The van der Waals surface area contributed by atoms with Crippen LogP contribution in [0.5, 0.6) is 0 Å². The minimum atomic E-state index is 0.225. The Labute approximate surface area is 78.7 Å². The highest BCUT2D eigenvalue weighted by atomic mass is 15.0. The van der Waals surface area contributed by atoms with Gasteiger partial charge in [-0.05, 0) is 30.9 Å². The van der Waals surface area contributed by atoms with E-state index in [1.807, 2.05) is 0 Å². The summed E-state index contributed by atoms with van der Waals surface area (Å²) < 4.78 is 2.13. The zero-order valence-corrected chi connectivity index (χ0v) is 7.66. The van der Waals surface area contributed by atoms with Gasteiger partial charge >= 0.3 is 0 Å². The average Bonchev–Trinajstić information content (AvgIpc) is 2.51. The third-order valence-corrected chi connectivity index (χ3v) is 2.70. The maximum atomic E-state index is 5.99. The van der Waals surface area contributed by atoms with E-state index in [-0.39, 0.29) is 6.04 Å². The highest BCUT2D eigenvalue weighted by Crippen LogP contribution is 2.28. The summed E-state index contributed by atoms with van der Waals surface area (Å²) in [4.78, 5) is 0. The molecule has 1 atom stereocenters. The Morgan fingerprint density at radius 3 is 3.31 bits per heavy atom. The summed E-state index contributed by atoms with van der Waals surface area (Å²) >= 11 is 0. The van der Waals surface area contributed by atoms with Gasteiger partial charge < -0.3 is 10.3 Å². The van der Waals surface area contributed by atoms with Gasteiger partial charge in [-0.3, -0.25) is 0 Å². The van der Waals surface area contributed by atoms with E-state index in [9.17, 15) is 0 Å². The highest BCUT2D eigenvalue weighted by Gasteiger charge is 2.19. The number of hydrogen-bond donors (Lipinski definition) is 1. The molecule has 2 nitrogen and oxygen atoms in total. The van der Waals surface area contributed by atoms with Crippen molar-refractivity contribution in [2.75, 3.05) is 0 Å². The first-order valence-electron chi connectivity index (χ1n) is 4.70. The van der Waals surface area contributed by atoms with Gasteiger partial charge in [0.2, 0.25) is 0 Å². The standard InChI is InChI=1S/C11H14N2/c1-2-7-13-8-6-9-10(12)4-3-5-11(9)13/h1,6,8,10H,3-5,7,12H2. The predicted molar refractivity (Wildman–Crippen MR) is 53.1 cm³/mol. The number of hydrogen-bond acceptors (Lipinski definition) is 1. The lowest BCUT2D eigenvalue weighted by Gasteiger charge is -2.20. The first-order chi connectivity index (χ1) is 6.33. The number of fused-ring (bicyclic) bond motifs is 1. The molecule has 1 unspecified atom stereocenters. The van der Waals surface area contributed by atoms with Crippen molar-refractivity contribution >= 4 is 0 Å². The molecule has 68 valence electrons. The fraction of sp³-hybridized carbons (Fsp3) is 0.455. The van der Waals surface area contributed by atoms with E-state index >= 15 is 0 Å². The summed E-state index contributed by atoms with van der Waals surface area (Å²) in [6, 6.07) is 2.33. The van der Waals surface area contributed by atoms with Gasteiger partial charge in [0.1, 0.15) is 0 Å². The van der Waals surface area contributed by atoms with Crippen LogP contribution >= 0.6 is 0 Å². The average molecular weight is 174 g/mol. The smallest absolute Gasteiger partial charge is 0.0831 e. The molecule has 0 aromatic carbocycles. The maximum absolute atomic E-state index is 5.99. The summed E-state index contributed by atoms with van der Waals surface area (Å²) in [6.45, 7) is 0.669. The number of nitrogens with zero attached hydrogens (tertiary/aromatic N) is 1. The van der Waals surface area contributed by atoms with Crippen molar-refractivity contribution in [2.24, 2.45) is 5.73 Å². The molecular weight excluding hydrogens is 160 g/mol. The summed E-state index contributed by atoms with van der Waals surface area (Å²) in [6.07, 6.45) is 10.7. The molecule has 0 saturated carbocycles. The fourth-order valence-electron chi connectivity index (χ4n) is 2.04. The highest BCUT2D eigenvalue weighted by molar-refractivity contribution is 5.28. The van der Waals surface area contributed by atoms with Crippen LogP contribution in [0.25, 0.3) is 0 Å². The molecule has 2 N–H and O–H groups in total. The van der Waals surface area contributed by atoms with Crippen molar-refractivity contribution < 1.29 is 0 Å². The van der Waals surface area contributed by atoms with E-state index in [0.29, 0.717) is 6.54 Å². The van der Waals surface area contributed by atoms with Crippen LogP contribution in [-0.2, 0) is 13.0 Å². The number of nitrogens with two attached hydrogens (primary N) is 1. The number of terminal acetylenes is 1. The third-order valence-electron chi connectivity index (χ3n) is 2.70. The minimum absolute atomic E-state index is 0.225. The largest absolute Gasteiger partial charge is 0.340 e. The van der Waals surface area contributed by atoms with E-state index in [1.165, 1.54) is 17.7 Å². The van der Waals surface area contributed by atoms with Crippen LogP contribution in [-0.4, -0.2) is 4.57 Å². The van der Waals surface area contributed by atoms with Crippen molar-refractivity contribution in [1.29, 1.82) is 0 Å². The zero-order valence-electron chi connectivity index (χ0n) is 7.66. The lowest BCUT2D eigenvalue weighted by atomic mass is 9.94. The Balaban J connectivity index is 2.37. The lowest BCUT2D eigenvalue weighted by Crippen LogP contribution is -2.18. The first-order valence-corrected chi connectivity index (χ1v) is 4.70. The van der Waals surface area contributed by atoms with Gasteiger partial charge in [-0.2, -0.15) is 0 Å². The minimum Gasteiger partial charge on any atom is -0.340 e. The second kappa shape index (κ2) is 3.27. The number of aromatic nitrogens is 1. The van der Waals surface area contributed by atoms with E-state index in [1.54, 1.807) is 0 Å². The van der Waals surface area contributed by atoms with E-state index in [2.05, 4.69) is 22.8 Å². The Morgan fingerprint density at radius 2 is 2.54 bits per heavy atom. The van der Waals surface area contributed by atoms with Gasteiger partial charge in [0.05, 0.1) is 6.54 Å². The normalized spacial score (nSPS) is 20.8. The van der Waals surface area contributed by atoms with Crippen molar-refractivity contribution in [3.63, 3.8) is 0 Å². The Bertz CT molecular complexity index is 343. The molecule has 1 aliphatic rings. The summed E-state index contributed by atoms with van der Waals surface area (Å²) in [5.74, 6) is 2.66. The van der Waals surface area contributed by atoms with Gasteiger partial charge in [0.25, 0.3) is 0 Å². The van der Waals surface area contributed by atoms with Gasteiger partial charge in [-0.25, -0.2) is 0 Å². The monoisotopic (exact) mass is 174 g/mol. The Kier molecular flexibility index (Phi) is 2.12. The molecular formula is C11H14N2. The van der Waals surface area contributed by atoms with Crippen LogP contribution in [0.15, 0.2) is 12.3 Å². The predicted octanol–water partition coefficient (Wildman–Crippen LogP) is 1.46. The van der Waals surface area contributed by atoms with E-state index in [4.69, 9.17) is 12.2 Å². The van der Waals surface area contributed by atoms with Crippen LogP contribution in [0.4, 0.5) is 0 Å². The molecule has 0 fully saturated rings. The molecule has 1 aromatic rings. The van der Waals surface area contributed by atoms with Crippen LogP contribution < -0.4 is 5.73 Å². The molecule has 0 bridgehead atoms. The molecule has 2 rings (SSSR count). The van der Waals surface area contributed by atoms with Crippen molar-refractivity contribution in [3.05, 3.63) is 23.5 Å². The topological polar surface area (TPSA) is 30.9 Å². The summed E-state index contributed by atoms with van der Waals surface area (Å²) in [5, 5.41) is 0. The summed E-state index contributed by atoms with van der Waals surface area (Å²) in [7, 11) is 0. The van der Waals surface area contributed by atoms with Crippen molar-refractivity contribution in [1.82, 2.24) is 4.57 Å². The Hall–Kier alpha value is -1.20. The number of rotatable bonds is 1. The fourth-order valence-corrected chi connectivity index (χ4v) is 2.04.